The molecule has 0 unspecified atom stereocenters. The van der Waals surface area contributed by atoms with Gasteiger partial charge in [-0.3, -0.25) is 4.79 Å². The fraction of sp³-hybridized carbons (Fsp3) is 0.231. The first-order valence-corrected chi connectivity index (χ1v) is 8.04. The Bertz CT molecular complexity index is 710. The van der Waals surface area contributed by atoms with Gasteiger partial charge in [-0.15, -0.1) is 10.2 Å². The average molecular weight is 339 g/mol. The molecule has 1 heterocycles. The molecule has 0 radical (unpaired) electrons. The molecule has 1 amide bonds. The lowest BCUT2D eigenvalue weighted by Gasteiger charge is -2.10. The van der Waals surface area contributed by atoms with Gasteiger partial charge in [0.15, 0.2) is 4.34 Å². The van der Waals surface area contributed by atoms with Gasteiger partial charge in [0.05, 0.1) is 15.8 Å². The minimum absolute atomic E-state index is 0.159. The Hall–Kier alpha value is -1.62. The normalized spacial score (nSPS) is 11.7. The van der Waals surface area contributed by atoms with E-state index in [1.165, 1.54) is 23.1 Å². The van der Waals surface area contributed by atoms with E-state index < -0.39 is 0 Å². The zero-order valence-electron chi connectivity index (χ0n) is 11.3. The van der Waals surface area contributed by atoms with Crippen LogP contribution in [0.3, 0.4) is 0 Å². The van der Waals surface area contributed by atoms with Gasteiger partial charge >= 0.3 is 0 Å². The van der Waals surface area contributed by atoms with E-state index in [0.29, 0.717) is 16.3 Å². The number of nitrogens with one attached hydrogen (secondary N) is 1. The van der Waals surface area contributed by atoms with E-state index in [-0.39, 0.29) is 11.2 Å². The predicted octanol–water partition coefficient (Wildman–Crippen LogP) is 3.49. The molecule has 2 aromatic rings. The van der Waals surface area contributed by atoms with Crippen LogP contribution in [0.5, 0.6) is 0 Å². The number of halogens is 1. The summed E-state index contributed by atoms with van der Waals surface area (Å²) in [6.45, 7) is 3.66. The van der Waals surface area contributed by atoms with Crippen LogP contribution < -0.4 is 5.32 Å². The molecule has 2 rings (SSSR count). The summed E-state index contributed by atoms with van der Waals surface area (Å²) >= 11 is 8.73. The van der Waals surface area contributed by atoms with E-state index in [1.807, 2.05) is 13.0 Å². The van der Waals surface area contributed by atoms with Gasteiger partial charge in [0.25, 0.3) is 0 Å². The molecule has 108 valence electrons. The molecule has 1 N–H and O–H groups in total. The van der Waals surface area contributed by atoms with E-state index in [0.717, 1.165) is 9.35 Å². The number of nitriles is 1. The van der Waals surface area contributed by atoms with Gasteiger partial charge < -0.3 is 5.32 Å². The van der Waals surface area contributed by atoms with Crippen LogP contribution in [0.2, 0.25) is 5.02 Å². The Balaban J connectivity index is 2.00. The second-order valence-corrected chi connectivity index (χ2v) is 7.32. The molecule has 0 aliphatic rings. The van der Waals surface area contributed by atoms with Gasteiger partial charge in [-0.1, -0.05) is 34.7 Å². The summed E-state index contributed by atoms with van der Waals surface area (Å²) in [4.78, 5) is 12.1. The smallest absolute Gasteiger partial charge is 0.237 e. The van der Waals surface area contributed by atoms with Crippen LogP contribution in [0.25, 0.3) is 0 Å². The van der Waals surface area contributed by atoms with Crippen molar-refractivity contribution < 1.29 is 4.79 Å². The van der Waals surface area contributed by atoms with Crippen molar-refractivity contribution >= 4 is 46.3 Å². The Labute approximate surface area is 135 Å². The summed E-state index contributed by atoms with van der Waals surface area (Å²) in [5.41, 5.74) is 0.936. The minimum atomic E-state index is -0.313. The second kappa shape index (κ2) is 6.89. The number of benzene rings is 1. The van der Waals surface area contributed by atoms with Gasteiger partial charge in [0.2, 0.25) is 5.91 Å². The predicted molar refractivity (Wildman–Crippen MR) is 84.8 cm³/mol. The fourth-order valence-electron chi connectivity index (χ4n) is 1.46. The van der Waals surface area contributed by atoms with E-state index in [4.69, 9.17) is 16.9 Å². The number of rotatable bonds is 4. The molecular weight excluding hydrogens is 328 g/mol. The first-order valence-electron chi connectivity index (χ1n) is 5.97. The van der Waals surface area contributed by atoms with Crippen molar-refractivity contribution in [1.82, 2.24) is 10.2 Å². The Morgan fingerprint density at radius 2 is 2.29 bits per heavy atom. The standard InChI is InChI=1S/C13H11ClN4OS2/c1-7(20-13-18-17-8(2)21-13)12(19)16-10-4-3-9(6-15)11(14)5-10/h3-5,7H,1-2H3,(H,16,19)/t7-/m0/s1. The molecule has 0 aliphatic heterocycles. The molecule has 1 aromatic carbocycles. The maximum atomic E-state index is 12.1. The topological polar surface area (TPSA) is 78.7 Å². The van der Waals surface area contributed by atoms with Gasteiger partial charge in [-0.05, 0) is 32.0 Å². The van der Waals surface area contributed by atoms with Crippen molar-refractivity contribution in [2.24, 2.45) is 0 Å². The van der Waals surface area contributed by atoms with Gasteiger partial charge in [-0.25, -0.2) is 0 Å². The number of aromatic nitrogens is 2. The molecule has 1 aromatic heterocycles. The Kier molecular flexibility index (Phi) is 5.17. The van der Waals surface area contributed by atoms with E-state index >= 15 is 0 Å². The summed E-state index contributed by atoms with van der Waals surface area (Å²) < 4.78 is 0.757. The number of hydrogen-bond donors (Lipinski definition) is 1. The second-order valence-electron chi connectivity index (χ2n) is 4.14. The summed E-state index contributed by atoms with van der Waals surface area (Å²) in [6, 6.07) is 6.75. The Morgan fingerprint density at radius 1 is 1.52 bits per heavy atom. The molecule has 0 spiro atoms. The van der Waals surface area contributed by atoms with Gasteiger partial charge in [-0.2, -0.15) is 5.26 Å². The highest BCUT2D eigenvalue weighted by Gasteiger charge is 2.17. The van der Waals surface area contributed by atoms with Crippen molar-refractivity contribution in [1.29, 1.82) is 5.26 Å². The SMILES string of the molecule is Cc1nnc(S[C@@H](C)C(=O)Nc2ccc(C#N)c(Cl)c2)s1. The van der Waals surface area contributed by atoms with E-state index in [9.17, 15) is 4.79 Å². The number of hydrogen-bond acceptors (Lipinski definition) is 6. The summed E-state index contributed by atoms with van der Waals surface area (Å²) in [5.74, 6) is -0.159. The molecule has 0 fully saturated rings. The van der Waals surface area contributed by atoms with Crippen molar-refractivity contribution in [2.75, 3.05) is 5.32 Å². The van der Waals surface area contributed by atoms with E-state index in [1.54, 1.807) is 25.1 Å². The Morgan fingerprint density at radius 3 is 2.86 bits per heavy atom. The van der Waals surface area contributed by atoms with Crippen LogP contribution in [0.4, 0.5) is 5.69 Å². The van der Waals surface area contributed by atoms with Crippen LogP contribution in [-0.2, 0) is 4.79 Å². The summed E-state index contributed by atoms with van der Waals surface area (Å²) in [6.07, 6.45) is 0. The third kappa shape index (κ3) is 4.17. The number of thioether (sulfide) groups is 1. The largest absolute Gasteiger partial charge is 0.325 e. The zero-order chi connectivity index (χ0) is 15.4. The monoisotopic (exact) mass is 338 g/mol. The van der Waals surface area contributed by atoms with Gasteiger partial charge in [0, 0.05) is 5.69 Å². The molecule has 8 heteroatoms. The lowest BCUT2D eigenvalue weighted by molar-refractivity contribution is -0.115. The van der Waals surface area contributed by atoms with Crippen molar-refractivity contribution in [2.45, 2.75) is 23.4 Å². The van der Waals surface area contributed by atoms with Crippen LogP contribution in [0.1, 0.15) is 17.5 Å². The maximum absolute atomic E-state index is 12.1. The van der Waals surface area contributed by atoms with E-state index in [2.05, 4.69) is 15.5 Å². The molecular formula is C13H11ClN4OS2. The summed E-state index contributed by atoms with van der Waals surface area (Å²) in [7, 11) is 0. The average Bonchev–Trinajstić information content (AvgIpc) is 2.84. The highest BCUT2D eigenvalue weighted by atomic mass is 35.5. The highest BCUT2D eigenvalue weighted by Crippen LogP contribution is 2.27. The number of carbonyl (C=O) groups is 1. The zero-order valence-corrected chi connectivity index (χ0v) is 13.6. The highest BCUT2D eigenvalue weighted by molar-refractivity contribution is 8.02. The quantitative estimate of drug-likeness (QED) is 0.863. The van der Waals surface area contributed by atoms with Crippen molar-refractivity contribution in [3.63, 3.8) is 0 Å². The van der Waals surface area contributed by atoms with Crippen LogP contribution >= 0.6 is 34.7 Å². The van der Waals surface area contributed by atoms with Crippen LogP contribution in [-0.4, -0.2) is 21.4 Å². The molecule has 5 nitrogen and oxygen atoms in total. The lowest BCUT2D eigenvalue weighted by atomic mass is 10.2. The number of amides is 1. The van der Waals surface area contributed by atoms with Crippen molar-refractivity contribution in [3.8, 4) is 6.07 Å². The first-order chi connectivity index (χ1) is 9.99. The third-order valence-corrected chi connectivity index (χ3v) is 4.85. The lowest BCUT2D eigenvalue weighted by Crippen LogP contribution is -2.22. The molecule has 0 saturated heterocycles. The van der Waals surface area contributed by atoms with Crippen molar-refractivity contribution in [3.05, 3.63) is 33.8 Å². The maximum Gasteiger partial charge on any atom is 0.237 e. The minimum Gasteiger partial charge on any atom is -0.325 e. The first kappa shape index (κ1) is 15.8. The molecule has 0 aliphatic carbocycles. The van der Waals surface area contributed by atoms with Gasteiger partial charge in [0.1, 0.15) is 11.1 Å². The molecule has 0 bridgehead atoms. The fourth-order valence-corrected chi connectivity index (χ4v) is 3.64. The molecule has 21 heavy (non-hydrogen) atoms. The molecule has 0 saturated carbocycles. The number of anilines is 1. The van der Waals surface area contributed by atoms with Crippen LogP contribution in [0, 0.1) is 18.3 Å². The number of carbonyl (C=O) groups excluding carboxylic acids is 1. The third-order valence-electron chi connectivity index (χ3n) is 2.51. The number of aryl methyl sites for hydroxylation is 1. The summed E-state index contributed by atoms with van der Waals surface area (Å²) in [5, 5.41) is 20.3. The molecule has 1 atom stereocenters. The number of nitrogens with zero attached hydrogens (tertiary/aromatic N) is 3. The van der Waals surface area contributed by atoms with Crippen LogP contribution in [0.15, 0.2) is 22.5 Å².